The van der Waals surface area contributed by atoms with Gasteiger partial charge in [0, 0.05) is 13.2 Å². The van der Waals surface area contributed by atoms with Crippen molar-refractivity contribution in [2.24, 2.45) is 0 Å². The van der Waals surface area contributed by atoms with Crippen molar-refractivity contribution < 1.29 is 18.3 Å². The second-order valence-corrected chi connectivity index (χ2v) is 4.18. The van der Waals surface area contributed by atoms with Crippen LogP contribution in [0, 0.1) is 11.6 Å². The van der Waals surface area contributed by atoms with Gasteiger partial charge < -0.3 is 9.64 Å². The molecule has 1 amide bonds. The van der Waals surface area contributed by atoms with E-state index >= 15 is 0 Å². The molecule has 2 aromatic rings. The number of nitrogens with one attached hydrogen (secondary N) is 1. The molecule has 1 aromatic heterocycles. The maximum absolute atomic E-state index is 13.8. The molecule has 0 aliphatic rings. The van der Waals surface area contributed by atoms with E-state index in [2.05, 4.69) is 10.2 Å². The lowest BCUT2D eigenvalue weighted by Gasteiger charge is -2.18. The number of ether oxygens (including phenoxy) is 1. The predicted molar refractivity (Wildman–Crippen MR) is 67.3 cm³/mol. The predicted octanol–water partition coefficient (Wildman–Crippen LogP) is 1.97. The standard InChI is InChI=1S/C13H13F2N3O2/c1-18(7-8-5-6-16-17-8)13(19)11-10(20-2)4-3-9(14)12(11)15/h3-6H,7H2,1-2H3,(H,16,17). The summed E-state index contributed by atoms with van der Waals surface area (Å²) < 4.78 is 32.0. The average molecular weight is 281 g/mol. The number of carbonyl (C=O) groups excluding carboxylic acids is 1. The number of amides is 1. The molecule has 7 heteroatoms. The second kappa shape index (κ2) is 5.68. The second-order valence-electron chi connectivity index (χ2n) is 4.18. The number of H-pyrrole nitrogens is 1. The molecule has 0 saturated heterocycles. The smallest absolute Gasteiger partial charge is 0.260 e. The zero-order chi connectivity index (χ0) is 14.7. The van der Waals surface area contributed by atoms with E-state index in [9.17, 15) is 13.6 Å². The summed E-state index contributed by atoms with van der Waals surface area (Å²) in [6.45, 7) is 0.192. The van der Waals surface area contributed by atoms with Gasteiger partial charge in [0.25, 0.3) is 5.91 Å². The first-order chi connectivity index (χ1) is 9.54. The van der Waals surface area contributed by atoms with Crippen molar-refractivity contribution in [2.75, 3.05) is 14.2 Å². The van der Waals surface area contributed by atoms with Crippen LogP contribution in [0.5, 0.6) is 5.75 Å². The molecule has 1 heterocycles. The van der Waals surface area contributed by atoms with Crippen LogP contribution in [0.25, 0.3) is 0 Å². The molecule has 0 bridgehead atoms. The van der Waals surface area contributed by atoms with E-state index in [1.165, 1.54) is 31.3 Å². The Morgan fingerprint density at radius 3 is 2.75 bits per heavy atom. The Kier molecular flexibility index (Phi) is 3.97. The molecule has 0 fully saturated rings. The van der Waals surface area contributed by atoms with Gasteiger partial charge in [0.1, 0.15) is 11.3 Å². The largest absolute Gasteiger partial charge is 0.496 e. The van der Waals surface area contributed by atoms with Crippen molar-refractivity contribution in [2.45, 2.75) is 6.54 Å². The summed E-state index contributed by atoms with van der Waals surface area (Å²) in [6, 6.07) is 3.82. The minimum atomic E-state index is -1.22. The van der Waals surface area contributed by atoms with Crippen LogP contribution in [0.15, 0.2) is 24.4 Å². The summed E-state index contributed by atoms with van der Waals surface area (Å²) in [7, 11) is 2.77. The SMILES string of the molecule is COc1ccc(F)c(F)c1C(=O)N(C)Cc1ccn[nH]1. The van der Waals surface area contributed by atoms with E-state index in [0.29, 0.717) is 5.69 Å². The van der Waals surface area contributed by atoms with E-state index in [4.69, 9.17) is 4.74 Å². The van der Waals surface area contributed by atoms with Gasteiger partial charge in [-0.3, -0.25) is 9.89 Å². The fourth-order valence-electron chi connectivity index (χ4n) is 1.79. The number of halogens is 2. The highest BCUT2D eigenvalue weighted by molar-refractivity contribution is 5.97. The van der Waals surface area contributed by atoms with Crippen LogP contribution in [0.2, 0.25) is 0 Å². The molecule has 106 valence electrons. The van der Waals surface area contributed by atoms with Crippen LogP contribution in [-0.2, 0) is 6.54 Å². The molecule has 20 heavy (non-hydrogen) atoms. The first-order valence-electron chi connectivity index (χ1n) is 5.80. The first-order valence-corrected chi connectivity index (χ1v) is 5.80. The summed E-state index contributed by atoms with van der Waals surface area (Å²) in [4.78, 5) is 13.5. The van der Waals surface area contributed by atoms with Gasteiger partial charge in [0.05, 0.1) is 19.3 Å². The molecule has 1 N–H and O–H groups in total. The Hall–Kier alpha value is -2.44. The lowest BCUT2D eigenvalue weighted by atomic mass is 10.1. The third-order valence-corrected chi connectivity index (χ3v) is 2.80. The minimum Gasteiger partial charge on any atom is -0.496 e. The van der Waals surface area contributed by atoms with Crippen LogP contribution >= 0.6 is 0 Å². The molecule has 0 aliphatic carbocycles. The fourth-order valence-corrected chi connectivity index (χ4v) is 1.79. The van der Waals surface area contributed by atoms with Gasteiger partial charge >= 0.3 is 0 Å². The number of aromatic amines is 1. The normalized spacial score (nSPS) is 10.4. The number of benzene rings is 1. The number of rotatable bonds is 4. The molecule has 0 spiro atoms. The van der Waals surface area contributed by atoms with Gasteiger partial charge in [0.2, 0.25) is 0 Å². The van der Waals surface area contributed by atoms with Crippen molar-refractivity contribution in [3.05, 3.63) is 47.3 Å². The Balaban J connectivity index is 2.30. The van der Waals surface area contributed by atoms with Crippen LogP contribution in [0.4, 0.5) is 8.78 Å². The molecule has 0 radical (unpaired) electrons. The van der Waals surface area contributed by atoms with Crippen molar-refractivity contribution in [1.29, 1.82) is 0 Å². The van der Waals surface area contributed by atoms with Gasteiger partial charge in [-0.25, -0.2) is 8.78 Å². The van der Waals surface area contributed by atoms with Crippen molar-refractivity contribution >= 4 is 5.91 Å². The first kappa shape index (κ1) is 14.0. The average Bonchev–Trinajstić information content (AvgIpc) is 2.93. The van der Waals surface area contributed by atoms with Crippen LogP contribution in [-0.4, -0.2) is 35.2 Å². The number of methoxy groups -OCH3 is 1. The topological polar surface area (TPSA) is 58.2 Å². The van der Waals surface area contributed by atoms with E-state index in [1.807, 2.05) is 0 Å². The lowest BCUT2D eigenvalue weighted by Crippen LogP contribution is -2.28. The summed E-state index contributed by atoms with van der Waals surface area (Å²) in [6.07, 6.45) is 1.54. The quantitative estimate of drug-likeness (QED) is 0.932. The molecule has 2 rings (SSSR count). The molecular formula is C13H13F2N3O2. The lowest BCUT2D eigenvalue weighted by molar-refractivity contribution is 0.0774. The molecule has 0 unspecified atom stereocenters. The maximum Gasteiger partial charge on any atom is 0.260 e. The molecule has 5 nitrogen and oxygen atoms in total. The molecule has 1 aromatic carbocycles. The van der Waals surface area contributed by atoms with E-state index in [-0.39, 0.29) is 12.3 Å². The highest BCUT2D eigenvalue weighted by Crippen LogP contribution is 2.25. The van der Waals surface area contributed by atoms with Crippen molar-refractivity contribution in [3.63, 3.8) is 0 Å². The van der Waals surface area contributed by atoms with Gasteiger partial charge in [-0.05, 0) is 18.2 Å². The van der Waals surface area contributed by atoms with Gasteiger partial charge in [-0.2, -0.15) is 5.10 Å². The Labute approximate surface area is 114 Å². The van der Waals surface area contributed by atoms with Gasteiger partial charge in [0.15, 0.2) is 11.6 Å². The van der Waals surface area contributed by atoms with Crippen LogP contribution < -0.4 is 4.74 Å². The highest BCUT2D eigenvalue weighted by Gasteiger charge is 2.24. The summed E-state index contributed by atoms with van der Waals surface area (Å²) in [5, 5.41) is 6.44. The fraction of sp³-hybridized carbons (Fsp3) is 0.231. The van der Waals surface area contributed by atoms with E-state index in [1.54, 1.807) is 6.07 Å². The number of hydrogen-bond acceptors (Lipinski definition) is 3. The van der Waals surface area contributed by atoms with Crippen LogP contribution in [0.3, 0.4) is 0 Å². The monoisotopic (exact) mass is 281 g/mol. The number of aromatic nitrogens is 2. The number of nitrogens with zero attached hydrogens (tertiary/aromatic N) is 2. The third-order valence-electron chi connectivity index (χ3n) is 2.80. The van der Waals surface area contributed by atoms with Gasteiger partial charge in [-0.15, -0.1) is 0 Å². The summed E-state index contributed by atoms with van der Waals surface area (Å²) >= 11 is 0. The number of hydrogen-bond donors (Lipinski definition) is 1. The van der Waals surface area contributed by atoms with Crippen molar-refractivity contribution in [1.82, 2.24) is 15.1 Å². The molecular weight excluding hydrogens is 268 g/mol. The summed E-state index contributed by atoms with van der Waals surface area (Å²) in [5.74, 6) is -2.99. The maximum atomic E-state index is 13.8. The van der Waals surface area contributed by atoms with E-state index in [0.717, 1.165) is 6.07 Å². The number of carbonyl (C=O) groups is 1. The van der Waals surface area contributed by atoms with E-state index < -0.39 is 23.1 Å². The Morgan fingerprint density at radius 1 is 1.40 bits per heavy atom. The zero-order valence-electron chi connectivity index (χ0n) is 11.0. The Bertz CT molecular complexity index is 614. The minimum absolute atomic E-state index is 0.00893. The molecule has 0 atom stereocenters. The molecule has 0 saturated carbocycles. The van der Waals surface area contributed by atoms with Gasteiger partial charge in [-0.1, -0.05) is 0 Å². The van der Waals surface area contributed by atoms with Crippen molar-refractivity contribution in [3.8, 4) is 5.75 Å². The molecule has 0 aliphatic heterocycles. The zero-order valence-corrected chi connectivity index (χ0v) is 11.0. The van der Waals surface area contributed by atoms with Crippen LogP contribution in [0.1, 0.15) is 16.1 Å². The summed E-state index contributed by atoms with van der Waals surface area (Å²) in [5.41, 5.74) is 0.256. The third kappa shape index (κ3) is 2.61. The Morgan fingerprint density at radius 2 is 2.15 bits per heavy atom. The highest BCUT2D eigenvalue weighted by atomic mass is 19.2.